The van der Waals surface area contributed by atoms with E-state index in [4.69, 9.17) is 9.84 Å². The molecule has 1 atom stereocenters. The lowest BCUT2D eigenvalue weighted by Gasteiger charge is -2.42. The highest BCUT2D eigenvalue weighted by molar-refractivity contribution is 5.78. The first-order valence-corrected chi connectivity index (χ1v) is 11.9. The van der Waals surface area contributed by atoms with Crippen molar-refractivity contribution in [1.82, 2.24) is 14.7 Å². The molecule has 8 nitrogen and oxygen atoms in total. The fourth-order valence-electron chi connectivity index (χ4n) is 5.59. The third kappa shape index (κ3) is 3.87. The van der Waals surface area contributed by atoms with Crippen LogP contribution in [0.2, 0.25) is 0 Å². The summed E-state index contributed by atoms with van der Waals surface area (Å²) in [6.07, 6.45) is 0.538. The summed E-state index contributed by atoms with van der Waals surface area (Å²) in [5.41, 5.74) is 0.778. The zero-order chi connectivity index (χ0) is 23.7. The van der Waals surface area contributed by atoms with Gasteiger partial charge in [0.25, 0.3) is 0 Å². The van der Waals surface area contributed by atoms with Crippen LogP contribution in [-0.2, 0) is 15.1 Å². The molecular weight excluding hydrogens is 434 g/mol. The number of piperazine rings is 1. The Bertz CT molecular complexity index is 1010. The molecule has 2 aromatic carbocycles. The van der Waals surface area contributed by atoms with E-state index >= 15 is 0 Å². The number of fused-ring (bicyclic) bond motifs is 1. The minimum Gasteiger partial charge on any atom is -0.465 e. The van der Waals surface area contributed by atoms with Gasteiger partial charge in [0.15, 0.2) is 5.60 Å². The van der Waals surface area contributed by atoms with Gasteiger partial charge in [0.1, 0.15) is 6.04 Å². The molecule has 3 fully saturated rings. The summed E-state index contributed by atoms with van der Waals surface area (Å²) in [5.74, 6) is 0.235. The first-order chi connectivity index (χ1) is 16.5. The first-order valence-electron chi connectivity index (χ1n) is 11.9. The van der Waals surface area contributed by atoms with Crippen molar-refractivity contribution in [2.24, 2.45) is 5.92 Å². The van der Waals surface area contributed by atoms with Gasteiger partial charge in [-0.15, -0.1) is 0 Å². The van der Waals surface area contributed by atoms with E-state index in [0.29, 0.717) is 52.0 Å². The number of cyclic esters (lactones) is 1. The highest BCUT2D eigenvalue weighted by atomic mass is 16.6. The number of ether oxygens (including phenoxy) is 1. The van der Waals surface area contributed by atoms with Crippen LogP contribution >= 0.6 is 0 Å². The van der Waals surface area contributed by atoms with Crippen LogP contribution in [0.15, 0.2) is 60.7 Å². The summed E-state index contributed by atoms with van der Waals surface area (Å²) in [6, 6.07) is 19.2. The number of carbonyl (C=O) groups is 3. The number of hydrogen-bond donors (Lipinski definition) is 1. The third-order valence-electron chi connectivity index (χ3n) is 7.44. The summed E-state index contributed by atoms with van der Waals surface area (Å²) in [4.78, 5) is 42.5. The number of likely N-dealkylation sites (tertiary alicyclic amines) is 1. The zero-order valence-electron chi connectivity index (χ0n) is 19.0. The molecular formula is C26H29N3O5. The van der Waals surface area contributed by atoms with Crippen molar-refractivity contribution in [2.75, 3.05) is 32.7 Å². The molecule has 3 amide bonds. The topological polar surface area (TPSA) is 90.4 Å². The molecule has 5 rings (SSSR count). The van der Waals surface area contributed by atoms with Gasteiger partial charge >= 0.3 is 12.2 Å². The van der Waals surface area contributed by atoms with E-state index in [0.717, 1.165) is 11.1 Å². The molecule has 3 aliphatic heterocycles. The third-order valence-corrected chi connectivity index (χ3v) is 7.44. The predicted octanol–water partition coefficient (Wildman–Crippen LogP) is 3.37. The van der Waals surface area contributed by atoms with Crippen LogP contribution in [-0.4, -0.2) is 76.7 Å². The molecule has 3 saturated heterocycles. The molecule has 178 valence electrons. The van der Waals surface area contributed by atoms with Gasteiger partial charge < -0.3 is 19.6 Å². The monoisotopic (exact) mass is 463 g/mol. The van der Waals surface area contributed by atoms with E-state index < -0.39 is 11.7 Å². The summed E-state index contributed by atoms with van der Waals surface area (Å²) < 4.78 is 6.17. The minimum absolute atomic E-state index is 0.0581. The van der Waals surface area contributed by atoms with Crippen LogP contribution < -0.4 is 0 Å². The number of benzene rings is 2. The summed E-state index contributed by atoms with van der Waals surface area (Å²) in [5, 5.41) is 9.16. The Labute approximate surface area is 198 Å². The molecule has 0 aromatic heterocycles. The largest absolute Gasteiger partial charge is 0.465 e. The number of carboxylic acid groups (broad SMARTS) is 1. The maximum atomic E-state index is 13.3. The van der Waals surface area contributed by atoms with Gasteiger partial charge in [-0.3, -0.25) is 9.69 Å². The molecule has 0 saturated carbocycles. The van der Waals surface area contributed by atoms with Crippen molar-refractivity contribution in [3.8, 4) is 0 Å². The molecule has 3 aliphatic rings. The average molecular weight is 464 g/mol. The Balaban J connectivity index is 1.38. The molecule has 0 aliphatic carbocycles. The second-order valence-electron chi connectivity index (χ2n) is 9.30. The second kappa shape index (κ2) is 9.00. The quantitative estimate of drug-likeness (QED) is 0.751. The Hall–Kier alpha value is -3.55. The van der Waals surface area contributed by atoms with Gasteiger partial charge in [0.2, 0.25) is 5.91 Å². The number of nitrogens with zero attached hydrogens (tertiary/aromatic N) is 3. The maximum absolute atomic E-state index is 13.3. The molecule has 2 aromatic rings. The lowest BCUT2D eigenvalue weighted by atomic mass is 9.79. The van der Waals surface area contributed by atoms with Crippen molar-refractivity contribution < 1.29 is 24.2 Å². The van der Waals surface area contributed by atoms with E-state index in [1.807, 2.05) is 65.6 Å². The van der Waals surface area contributed by atoms with E-state index in [-0.39, 0.29) is 24.0 Å². The van der Waals surface area contributed by atoms with Crippen molar-refractivity contribution in [3.63, 3.8) is 0 Å². The van der Waals surface area contributed by atoms with Crippen molar-refractivity contribution >= 4 is 18.1 Å². The molecule has 34 heavy (non-hydrogen) atoms. The minimum atomic E-state index is -0.995. The van der Waals surface area contributed by atoms with Crippen LogP contribution in [0.4, 0.5) is 9.59 Å². The van der Waals surface area contributed by atoms with E-state index in [9.17, 15) is 14.4 Å². The molecule has 8 heteroatoms. The van der Waals surface area contributed by atoms with E-state index in [2.05, 4.69) is 0 Å². The Morgan fingerprint density at radius 2 is 1.47 bits per heavy atom. The second-order valence-corrected chi connectivity index (χ2v) is 9.30. The molecule has 3 heterocycles. The summed E-state index contributed by atoms with van der Waals surface area (Å²) in [6.45, 7) is 2.23. The van der Waals surface area contributed by atoms with Crippen LogP contribution in [0, 0.1) is 5.92 Å². The molecule has 1 unspecified atom stereocenters. The van der Waals surface area contributed by atoms with Gasteiger partial charge in [-0.25, -0.2) is 9.59 Å². The Morgan fingerprint density at radius 1 is 0.882 bits per heavy atom. The highest BCUT2D eigenvalue weighted by Gasteiger charge is 2.58. The fraction of sp³-hybridized carbons (Fsp3) is 0.423. The number of piperidine rings is 1. The van der Waals surface area contributed by atoms with Gasteiger partial charge in [0.05, 0.1) is 0 Å². The molecule has 0 radical (unpaired) electrons. The highest BCUT2D eigenvalue weighted by Crippen LogP contribution is 2.45. The predicted molar refractivity (Wildman–Crippen MR) is 124 cm³/mol. The van der Waals surface area contributed by atoms with E-state index in [1.165, 1.54) is 4.90 Å². The fourth-order valence-corrected chi connectivity index (χ4v) is 5.59. The Kier molecular flexibility index (Phi) is 5.89. The van der Waals surface area contributed by atoms with Gasteiger partial charge in [0, 0.05) is 50.3 Å². The van der Waals surface area contributed by atoms with Crippen LogP contribution in [0.1, 0.15) is 30.4 Å². The average Bonchev–Trinajstić information content (AvgIpc) is 3.18. The lowest BCUT2D eigenvalue weighted by molar-refractivity contribution is -0.135. The lowest BCUT2D eigenvalue weighted by Crippen LogP contribution is -2.58. The normalized spacial score (nSPS) is 22.3. The smallest absolute Gasteiger partial charge is 0.411 e. The number of hydrogen-bond acceptors (Lipinski definition) is 4. The Morgan fingerprint density at radius 3 is 2.03 bits per heavy atom. The SMILES string of the molecule is O=C(O)N1CCC(CC(=O)N2CCN3C(=O)OC(c4ccccc4)(c4ccccc4)C3C2)CC1. The number of rotatable bonds is 4. The summed E-state index contributed by atoms with van der Waals surface area (Å²) in [7, 11) is 0. The molecule has 0 spiro atoms. The molecule has 0 bridgehead atoms. The van der Waals surface area contributed by atoms with Crippen molar-refractivity contribution in [3.05, 3.63) is 71.8 Å². The maximum Gasteiger partial charge on any atom is 0.411 e. The van der Waals surface area contributed by atoms with Crippen LogP contribution in [0.5, 0.6) is 0 Å². The number of amides is 3. The first kappa shape index (κ1) is 22.3. The van der Waals surface area contributed by atoms with E-state index in [1.54, 1.807) is 4.90 Å². The standard InChI is InChI=1S/C26H29N3O5/c30-23(17-19-11-13-27(14-12-19)24(31)32)28-15-16-29-22(18-28)26(34-25(29)33,20-7-3-1-4-8-20)21-9-5-2-6-10-21/h1-10,19,22H,11-18H2,(H,31,32). The molecule has 1 N–H and O–H groups in total. The van der Waals surface area contributed by atoms with Crippen LogP contribution in [0.3, 0.4) is 0 Å². The zero-order valence-corrected chi connectivity index (χ0v) is 19.0. The van der Waals surface area contributed by atoms with Crippen LogP contribution in [0.25, 0.3) is 0 Å². The number of carbonyl (C=O) groups excluding carboxylic acids is 2. The van der Waals surface area contributed by atoms with Gasteiger partial charge in [-0.05, 0) is 18.8 Å². The van der Waals surface area contributed by atoms with Gasteiger partial charge in [-0.1, -0.05) is 60.7 Å². The van der Waals surface area contributed by atoms with Crippen molar-refractivity contribution in [2.45, 2.75) is 30.9 Å². The summed E-state index contributed by atoms with van der Waals surface area (Å²) >= 11 is 0. The van der Waals surface area contributed by atoms with Crippen molar-refractivity contribution in [1.29, 1.82) is 0 Å². The van der Waals surface area contributed by atoms with Gasteiger partial charge in [-0.2, -0.15) is 0 Å².